The highest BCUT2D eigenvalue weighted by molar-refractivity contribution is 7.88. The second-order valence-corrected chi connectivity index (χ2v) is 13.0. The summed E-state index contributed by atoms with van der Waals surface area (Å²) in [5.74, 6) is -0.0423. The third kappa shape index (κ3) is 5.59. The Labute approximate surface area is 237 Å². The van der Waals surface area contributed by atoms with Gasteiger partial charge in [0.25, 0.3) is 5.91 Å². The fourth-order valence-corrected chi connectivity index (χ4v) is 6.53. The summed E-state index contributed by atoms with van der Waals surface area (Å²) in [4.78, 5) is 15.3. The molecular formula is C29H33F3N4O4S. The SMILES string of the molecule is COc1ccc(-n2nc(C(F)(F)F)c3c2C(=O)N(c2ccc(C4(CN(C)S(C)(=O)=O)CCCCC4)cc2)CC3)cc1. The zero-order valence-corrected chi connectivity index (χ0v) is 24.1. The normalized spacial score (nSPS) is 17.5. The summed E-state index contributed by atoms with van der Waals surface area (Å²) in [6.45, 7) is 0.434. The maximum absolute atomic E-state index is 13.9. The first-order valence-corrected chi connectivity index (χ1v) is 15.4. The maximum Gasteiger partial charge on any atom is 0.435 e. The van der Waals surface area contributed by atoms with E-state index in [0.717, 1.165) is 42.3 Å². The third-order valence-corrected chi connectivity index (χ3v) is 9.56. The van der Waals surface area contributed by atoms with Crippen LogP contribution in [0.3, 0.4) is 0 Å². The molecule has 220 valence electrons. The highest BCUT2D eigenvalue weighted by atomic mass is 32.2. The van der Waals surface area contributed by atoms with E-state index in [-0.39, 0.29) is 29.6 Å². The Hall–Kier alpha value is -3.38. The number of alkyl halides is 3. The van der Waals surface area contributed by atoms with Crippen LogP contribution in [-0.2, 0) is 28.0 Å². The molecule has 1 aliphatic carbocycles. The largest absolute Gasteiger partial charge is 0.497 e. The molecule has 1 amide bonds. The summed E-state index contributed by atoms with van der Waals surface area (Å²) in [5, 5.41) is 3.85. The summed E-state index contributed by atoms with van der Waals surface area (Å²) >= 11 is 0. The van der Waals surface area contributed by atoms with Gasteiger partial charge in [0.05, 0.1) is 19.1 Å². The molecule has 41 heavy (non-hydrogen) atoms. The van der Waals surface area contributed by atoms with Crippen LogP contribution in [0.4, 0.5) is 18.9 Å². The summed E-state index contributed by atoms with van der Waals surface area (Å²) in [7, 11) is -0.290. The molecule has 0 bridgehead atoms. The van der Waals surface area contributed by atoms with E-state index in [4.69, 9.17) is 4.74 Å². The van der Waals surface area contributed by atoms with Crippen LogP contribution in [0.5, 0.6) is 5.75 Å². The van der Waals surface area contributed by atoms with Crippen LogP contribution in [0, 0.1) is 0 Å². The number of aromatic nitrogens is 2. The van der Waals surface area contributed by atoms with Crippen molar-refractivity contribution in [1.29, 1.82) is 0 Å². The monoisotopic (exact) mass is 590 g/mol. The van der Waals surface area contributed by atoms with Gasteiger partial charge < -0.3 is 9.64 Å². The number of amides is 1. The zero-order valence-electron chi connectivity index (χ0n) is 23.2. The van der Waals surface area contributed by atoms with Crippen molar-refractivity contribution in [1.82, 2.24) is 14.1 Å². The van der Waals surface area contributed by atoms with Gasteiger partial charge in [-0.1, -0.05) is 31.4 Å². The van der Waals surface area contributed by atoms with Crippen molar-refractivity contribution in [3.63, 3.8) is 0 Å². The first-order chi connectivity index (χ1) is 19.3. The van der Waals surface area contributed by atoms with E-state index in [1.807, 2.05) is 12.1 Å². The van der Waals surface area contributed by atoms with Gasteiger partial charge in [0, 0.05) is 36.8 Å². The van der Waals surface area contributed by atoms with Crippen molar-refractivity contribution < 1.29 is 31.1 Å². The Balaban J connectivity index is 1.49. The van der Waals surface area contributed by atoms with Crippen LogP contribution >= 0.6 is 0 Å². The van der Waals surface area contributed by atoms with Gasteiger partial charge in [-0.15, -0.1) is 0 Å². The number of hydrogen-bond acceptors (Lipinski definition) is 5. The van der Waals surface area contributed by atoms with E-state index in [0.29, 0.717) is 23.7 Å². The van der Waals surface area contributed by atoms with Gasteiger partial charge in [-0.25, -0.2) is 17.4 Å². The molecular weight excluding hydrogens is 557 g/mol. The minimum atomic E-state index is -4.71. The maximum atomic E-state index is 13.9. The van der Waals surface area contributed by atoms with Crippen LogP contribution in [0.25, 0.3) is 5.69 Å². The molecule has 0 spiro atoms. The van der Waals surface area contributed by atoms with E-state index >= 15 is 0 Å². The Morgan fingerprint density at radius 3 is 2.17 bits per heavy atom. The van der Waals surface area contributed by atoms with Crippen LogP contribution in [0.15, 0.2) is 48.5 Å². The van der Waals surface area contributed by atoms with Gasteiger partial charge in [0.15, 0.2) is 5.69 Å². The summed E-state index contributed by atoms with van der Waals surface area (Å²) in [5.41, 5.74) is 0.236. The highest BCUT2D eigenvalue weighted by Gasteiger charge is 2.43. The fourth-order valence-electron chi connectivity index (χ4n) is 6.05. The predicted octanol–water partition coefficient (Wildman–Crippen LogP) is 5.20. The lowest BCUT2D eigenvalue weighted by Crippen LogP contribution is -2.43. The van der Waals surface area contributed by atoms with Crippen molar-refractivity contribution in [2.24, 2.45) is 0 Å². The fraction of sp³-hybridized carbons (Fsp3) is 0.448. The lowest BCUT2D eigenvalue weighted by atomic mass is 9.69. The number of likely N-dealkylation sites (N-methyl/N-ethyl adjacent to an activating group) is 1. The molecule has 1 aliphatic heterocycles. The number of methoxy groups -OCH3 is 1. The van der Waals surface area contributed by atoms with Crippen molar-refractivity contribution in [3.05, 3.63) is 71.0 Å². The number of carbonyl (C=O) groups is 1. The molecule has 0 radical (unpaired) electrons. The lowest BCUT2D eigenvalue weighted by molar-refractivity contribution is -0.141. The molecule has 2 aromatic carbocycles. The Bertz CT molecular complexity index is 1530. The van der Waals surface area contributed by atoms with E-state index in [1.54, 1.807) is 43.4 Å². The molecule has 5 rings (SSSR count). The van der Waals surface area contributed by atoms with E-state index < -0.39 is 27.8 Å². The minimum absolute atomic E-state index is 0.00306. The topological polar surface area (TPSA) is 84.7 Å². The van der Waals surface area contributed by atoms with Crippen molar-refractivity contribution in [2.75, 3.05) is 38.4 Å². The molecule has 2 aliphatic rings. The summed E-state index contributed by atoms with van der Waals surface area (Å²) in [6.07, 6.45) is 1.25. The Kier molecular flexibility index (Phi) is 7.66. The van der Waals surface area contributed by atoms with Gasteiger partial charge in [-0.3, -0.25) is 4.79 Å². The number of nitrogens with zero attached hydrogens (tertiary/aromatic N) is 4. The number of anilines is 1. The number of sulfonamides is 1. The molecule has 0 atom stereocenters. The molecule has 1 saturated carbocycles. The number of carbonyl (C=O) groups excluding carboxylic acids is 1. The highest BCUT2D eigenvalue weighted by Crippen LogP contribution is 2.42. The van der Waals surface area contributed by atoms with Gasteiger partial charge in [-0.2, -0.15) is 18.3 Å². The molecule has 0 N–H and O–H groups in total. The van der Waals surface area contributed by atoms with Crippen LogP contribution in [-0.4, -0.2) is 61.9 Å². The van der Waals surface area contributed by atoms with Gasteiger partial charge >= 0.3 is 6.18 Å². The standard InChI is InChI=1S/C29H33F3N4O4S/c1-34(41(3,38)39)19-28(16-5-4-6-17-28)20-7-9-21(10-8-20)35-18-15-24-25(27(35)37)36(33-26(24)29(30,31)32)22-11-13-23(40-2)14-12-22/h7-14H,4-6,15-19H2,1-3H3. The van der Waals surface area contributed by atoms with Crippen LogP contribution < -0.4 is 9.64 Å². The number of fused-ring (bicyclic) bond motifs is 1. The molecule has 1 fully saturated rings. The summed E-state index contributed by atoms with van der Waals surface area (Å²) < 4.78 is 73.8. The number of benzene rings is 2. The van der Waals surface area contributed by atoms with Crippen molar-refractivity contribution >= 4 is 21.6 Å². The molecule has 8 nitrogen and oxygen atoms in total. The van der Waals surface area contributed by atoms with Gasteiger partial charge in [0.2, 0.25) is 10.0 Å². The number of halogens is 3. The van der Waals surface area contributed by atoms with Crippen molar-refractivity contribution in [3.8, 4) is 11.4 Å². The average Bonchev–Trinajstić information content (AvgIpc) is 3.35. The number of rotatable bonds is 7. The van der Waals surface area contributed by atoms with E-state index in [2.05, 4.69) is 5.10 Å². The molecule has 3 aromatic rings. The van der Waals surface area contributed by atoms with Gasteiger partial charge in [0.1, 0.15) is 11.4 Å². The molecule has 12 heteroatoms. The minimum Gasteiger partial charge on any atom is -0.497 e. The molecule has 1 aromatic heterocycles. The second-order valence-electron chi connectivity index (χ2n) is 10.9. The van der Waals surface area contributed by atoms with Crippen molar-refractivity contribution in [2.45, 2.75) is 50.1 Å². The van der Waals surface area contributed by atoms with Gasteiger partial charge in [-0.05, 0) is 61.2 Å². The Morgan fingerprint density at radius 1 is 1.00 bits per heavy atom. The van der Waals surface area contributed by atoms with Crippen LogP contribution in [0.2, 0.25) is 0 Å². The number of ether oxygens (including phenoxy) is 1. The smallest absolute Gasteiger partial charge is 0.435 e. The molecule has 2 heterocycles. The first-order valence-electron chi connectivity index (χ1n) is 13.5. The third-order valence-electron chi connectivity index (χ3n) is 8.30. The predicted molar refractivity (Wildman–Crippen MR) is 149 cm³/mol. The quantitative estimate of drug-likeness (QED) is 0.378. The zero-order chi connectivity index (χ0) is 29.6. The molecule has 0 unspecified atom stereocenters. The molecule has 0 saturated heterocycles. The lowest BCUT2D eigenvalue weighted by Gasteiger charge is -2.40. The second kappa shape index (κ2) is 10.8. The Morgan fingerprint density at radius 2 is 1.61 bits per heavy atom. The van der Waals surface area contributed by atoms with E-state index in [1.165, 1.54) is 22.6 Å². The average molecular weight is 591 g/mol. The summed E-state index contributed by atoms with van der Waals surface area (Å²) in [6, 6.07) is 13.8. The van der Waals surface area contributed by atoms with E-state index in [9.17, 15) is 26.4 Å². The number of hydrogen-bond donors (Lipinski definition) is 0. The van der Waals surface area contributed by atoms with Crippen LogP contribution in [0.1, 0.15) is 59.4 Å². The first kappa shape index (κ1) is 29.1.